The number of amides is 3. The molecule has 4 atom stereocenters. The summed E-state index contributed by atoms with van der Waals surface area (Å²) in [7, 11) is 0.995. The van der Waals surface area contributed by atoms with Crippen molar-refractivity contribution >= 4 is 23.8 Å². The summed E-state index contributed by atoms with van der Waals surface area (Å²) in [6.45, 7) is -0.227. The maximum absolute atomic E-state index is 15.3. The molecule has 0 saturated carbocycles. The Morgan fingerprint density at radius 2 is 1.59 bits per heavy atom. The first-order chi connectivity index (χ1) is 24.1. The monoisotopic (exact) mass is 728 g/mol. The average Bonchev–Trinajstić information content (AvgIpc) is 3.07. The van der Waals surface area contributed by atoms with Gasteiger partial charge >= 0.3 is 12.2 Å². The lowest BCUT2D eigenvalue weighted by atomic mass is 9.84. The van der Waals surface area contributed by atoms with Gasteiger partial charge in [-0.15, -0.1) is 0 Å². The predicted molar refractivity (Wildman–Crippen MR) is 169 cm³/mol. The van der Waals surface area contributed by atoms with E-state index in [1.165, 1.54) is 12.1 Å². The average molecular weight is 729 g/mol. The maximum atomic E-state index is 15.3. The molecule has 3 aromatic rings. The molecular weight excluding hydrogens is 693 g/mol. The Morgan fingerprint density at radius 1 is 0.922 bits per heavy atom. The standard InChI is InChI=1S/C34H35F7N4O6/c1-34(40,41)17-43-32(47)51-16-23-15-50-24(14-42-23)7-8-25-26(38)9-10-27(39)29(25)44-31(46)30(45-33(48)49-2)28(18-3-5-20(35)6-4-18)19-11-21(36)13-22(37)12-19/h3-6,9-13,23-24,28,30,42H,7-8,14-17H2,1-2H3,(H,43,47)(H,44,46)(H,45,48)/t23-,24+,28?,30-/m0/s1. The van der Waals surface area contributed by atoms with Crippen LogP contribution in [0.25, 0.3) is 0 Å². The Kier molecular flexibility index (Phi) is 13.2. The number of anilines is 1. The Hall–Kier alpha value is -4.90. The van der Waals surface area contributed by atoms with Crippen LogP contribution in [-0.4, -0.2) is 75.6 Å². The van der Waals surface area contributed by atoms with Crippen molar-refractivity contribution in [1.29, 1.82) is 0 Å². The van der Waals surface area contributed by atoms with Crippen molar-refractivity contribution in [2.45, 2.75) is 49.8 Å². The highest BCUT2D eigenvalue weighted by Crippen LogP contribution is 2.32. The highest BCUT2D eigenvalue weighted by molar-refractivity contribution is 5.98. The van der Waals surface area contributed by atoms with Crippen LogP contribution in [-0.2, 0) is 25.4 Å². The molecule has 0 aromatic heterocycles. The number of carbonyl (C=O) groups is 3. The predicted octanol–water partition coefficient (Wildman–Crippen LogP) is 5.55. The van der Waals surface area contributed by atoms with E-state index < -0.39 is 89.4 Å². The topological polar surface area (TPSA) is 127 Å². The lowest BCUT2D eigenvalue weighted by Crippen LogP contribution is -2.49. The number of alkyl halides is 2. The summed E-state index contributed by atoms with van der Waals surface area (Å²) in [5, 5.41) is 9.59. The molecule has 0 radical (unpaired) electrons. The molecule has 1 aliphatic heterocycles. The number of carbonyl (C=O) groups excluding carboxylic acids is 3. The summed E-state index contributed by atoms with van der Waals surface area (Å²) in [4.78, 5) is 38.0. The molecule has 3 aromatic carbocycles. The van der Waals surface area contributed by atoms with E-state index in [0.717, 1.165) is 43.5 Å². The lowest BCUT2D eigenvalue weighted by Gasteiger charge is -2.30. The fraction of sp³-hybridized carbons (Fsp3) is 0.382. The van der Waals surface area contributed by atoms with Gasteiger partial charge in [0, 0.05) is 31.0 Å². The SMILES string of the molecule is COC(=O)N[C@H](C(=O)Nc1c(F)ccc(F)c1CC[C@@H]1CN[C@H](COC(=O)NCC(C)(F)F)CO1)C(c1ccc(F)cc1)c1cc(F)cc(F)c1. The van der Waals surface area contributed by atoms with E-state index in [1.54, 1.807) is 0 Å². The van der Waals surface area contributed by atoms with Gasteiger partial charge in [0.1, 0.15) is 41.7 Å². The Morgan fingerprint density at radius 3 is 2.20 bits per heavy atom. The van der Waals surface area contributed by atoms with Crippen LogP contribution in [0.4, 0.5) is 46.0 Å². The number of alkyl carbamates (subject to hydrolysis) is 2. The first kappa shape index (κ1) is 38.9. The number of benzene rings is 3. The second kappa shape index (κ2) is 17.4. The third-order valence-corrected chi connectivity index (χ3v) is 7.84. The van der Waals surface area contributed by atoms with E-state index in [0.29, 0.717) is 13.0 Å². The van der Waals surface area contributed by atoms with E-state index in [1.807, 2.05) is 5.32 Å². The molecular formula is C34H35F7N4O6. The van der Waals surface area contributed by atoms with Crippen molar-refractivity contribution in [2.24, 2.45) is 0 Å². The number of nitrogens with one attached hydrogen (secondary N) is 4. The van der Waals surface area contributed by atoms with Gasteiger partial charge in [0.2, 0.25) is 5.91 Å². The number of hydrogen-bond donors (Lipinski definition) is 4. The molecule has 3 amide bonds. The number of hydrogen-bond acceptors (Lipinski definition) is 7. The third kappa shape index (κ3) is 11.3. The van der Waals surface area contributed by atoms with Crippen molar-refractivity contribution in [3.05, 3.63) is 100 Å². The van der Waals surface area contributed by atoms with Gasteiger partial charge in [-0.3, -0.25) is 4.79 Å². The Bertz CT molecular complexity index is 1660. The summed E-state index contributed by atoms with van der Waals surface area (Å²) < 4.78 is 114. The highest BCUT2D eigenvalue weighted by atomic mass is 19.3. The zero-order valence-corrected chi connectivity index (χ0v) is 27.3. The number of halogens is 7. The second-order valence-corrected chi connectivity index (χ2v) is 11.8. The fourth-order valence-corrected chi connectivity index (χ4v) is 5.38. The van der Waals surface area contributed by atoms with Gasteiger partial charge in [-0.1, -0.05) is 12.1 Å². The Balaban J connectivity index is 1.51. The summed E-state index contributed by atoms with van der Waals surface area (Å²) in [6.07, 6.45) is -2.77. The first-order valence-corrected chi connectivity index (χ1v) is 15.6. The number of morpholine rings is 1. The van der Waals surface area contributed by atoms with Crippen LogP contribution in [0.15, 0.2) is 54.6 Å². The highest BCUT2D eigenvalue weighted by Gasteiger charge is 2.35. The van der Waals surface area contributed by atoms with Crippen LogP contribution >= 0.6 is 0 Å². The number of ether oxygens (including phenoxy) is 3. The van der Waals surface area contributed by atoms with Crippen LogP contribution in [0.3, 0.4) is 0 Å². The van der Waals surface area contributed by atoms with Crippen LogP contribution in [0, 0.1) is 29.1 Å². The minimum atomic E-state index is -3.11. The molecule has 0 spiro atoms. The molecule has 1 unspecified atom stereocenters. The Labute approximate surface area is 288 Å². The van der Waals surface area contributed by atoms with E-state index in [9.17, 15) is 36.3 Å². The van der Waals surface area contributed by atoms with Crippen molar-refractivity contribution < 1.29 is 59.3 Å². The van der Waals surface area contributed by atoms with Gasteiger partial charge in [-0.05, 0) is 60.4 Å². The summed E-state index contributed by atoms with van der Waals surface area (Å²) in [5.41, 5.74) is -0.844. The number of rotatable bonds is 13. The smallest absolute Gasteiger partial charge is 0.407 e. The first-order valence-electron chi connectivity index (χ1n) is 15.6. The van der Waals surface area contributed by atoms with E-state index in [4.69, 9.17) is 9.47 Å². The minimum Gasteiger partial charge on any atom is -0.453 e. The van der Waals surface area contributed by atoms with Gasteiger partial charge < -0.3 is 35.5 Å². The van der Waals surface area contributed by atoms with Crippen molar-refractivity contribution in [1.82, 2.24) is 16.0 Å². The van der Waals surface area contributed by atoms with E-state index in [-0.39, 0.29) is 49.3 Å². The lowest BCUT2D eigenvalue weighted by molar-refractivity contribution is -0.118. The van der Waals surface area contributed by atoms with Gasteiger partial charge in [-0.25, -0.2) is 40.3 Å². The van der Waals surface area contributed by atoms with Gasteiger partial charge in [0.15, 0.2) is 0 Å². The molecule has 4 N–H and O–H groups in total. The molecule has 1 saturated heterocycles. The molecule has 10 nitrogen and oxygen atoms in total. The fourth-order valence-electron chi connectivity index (χ4n) is 5.38. The zero-order chi connectivity index (χ0) is 37.3. The third-order valence-electron chi connectivity index (χ3n) is 7.84. The van der Waals surface area contributed by atoms with Gasteiger partial charge in [0.05, 0.1) is 38.1 Å². The molecule has 1 heterocycles. The van der Waals surface area contributed by atoms with Gasteiger partial charge in [-0.2, -0.15) is 0 Å². The maximum Gasteiger partial charge on any atom is 0.407 e. The molecule has 0 aliphatic carbocycles. The largest absolute Gasteiger partial charge is 0.453 e. The summed E-state index contributed by atoms with van der Waals surface area (Å²) in [5.74, 6) is -10.2. The molecule has 51 heavy (non-hydrogen) atoms. The normalized spacial score (nSPS) is 17.2. The molecule has 4 rings (SSSR count). The molecule has 0 bridgehead atoms. The zero-order valence-electron chi connectivity index (χ0n) is 27.3. The molecule has 1 fully saturated rings. The van der Waals surface area contributed by atoms with Crippen LogP contribution in [0.2, 0.25) is 0 Å². The molecule has 1 aliphatic rings. The number of methoxy groups -OCH3 is 1. The van der Waals surface area contributed by atoms with Crippen molar-refractivity contribution in [2.75, 3.05) is 38.7 Å². The van der Waals surface area contributed by atoms with Crippen LogP contribution in [0.1, 0.15) is 36.0 Å². The summed E-state index contributed by atoms with van der Waals surface area (Å²) in [6, 6.07) is 6.30. The van der Waals surface area contributed by atoms with Gasteiger partial charge in [0.25, 0.3) is 5.92 Å². The minimum absolute atomic E-state index is 0.0312. The van der Waals surface area contributed by atoms with Crippen molar-refractivity contribution in [3.8, 4) is 0 Å². The van der Waals surface area contributed by atoms with Crippen LogP contribution < -0.4 is 21.3 Å². The quantitative estimate of drug-likeness (QED) is 0.170. The van der Waals surface area contributed by atoms with Crippen LogP contribution in [0.5, 0.6) is 0 Å². The summed E-state index contributed by atoms with van der Waals surface area (Å²) >= 11 is 0. The van der Waals surface area contributed by atoms with E-state index in [2.05, 4.69) is 20.7 Å². The van der Waals surface area contributed by atoms with Crippen molar-refractivity contribution in [3.63, 3.8) is 0 Å². The second-order valence-electron chi connectivity index (χ2n) is 11.8. The molecule has 276 valence electrons. The van der Waals surface area contributed by atoms with E-state index >= 15 is 8.78 Å². The molecule has 17 heteroatoms.